The second kappa shape index (κ2) is 12.0. The van der Waals surface area contributed by atoms with E-state index < -0.39 is 6.04 Å². The van der Waals surface area contributed by atoms with Crippen molar-refractivity contribution in [2.45, 2.75) is 53.0 Å². The molecule has 5 nitrogen and oxygen atoms in total. The number of carbonyl (C=O) groups is 2. The molecule has 1 atom stereocenters. The third-order valence-electron chi connectivity index (χ3n) is 5.04. The minimum atomic E-state index is -0.555. The molecular formula is C25H34N2O3. The van der Waals surface area contributed by atoms with Crippen molar-refractivity contribution >= 4 is 11.8 Å². The van der Waals surface area contributed by atoms with Crippen LogP contribution in [0, 0.1) is 13.8 Å². The monoisotopic (exact) mass is 410 g/mol. The molecule has 30 heavy (non-hydrogen) atoms. The fraction of sp³-hybridized carbons (Fsp3) is 0.440. The molecule has 1 N–H and O–H groups in total. The average Bonchev–Trinajstić information content (AvgIpc) is 2.72. The Balaban J connectivity index is 2.05. The predicted octanol–water partition coefficient (Wildman–Crippen LogP) is 4.06. The maximum absolute atomic E-state index is 13.0. The fourth-order valence-corrected chi connectivity index (χ4v) is 3.35. The molecule has 2 rings (SSSR count). The van der Waals surface area contributed by atoms with Gasteiger partial charge in [0.05, 0.1) is 0 Å². The minimum absolute atomic E-state index is 0.0930. The van der Waals surface area contributed by atoms with Gasteiger partial charge in [-0.2, -0.15) is 0 Å². The summed E-state index contributed by atoms with van der Waals surface area (Å²) in [4.78, 5) is 27.2. The number of rotatable bonds is 11. The van der Waals surface area contributed by atoms with E-state index in [-0.39, 0.29) is 18.4 Å². The second-order valence-electron chi connectivity index (χ2n) is 7.76. The Morgan fingerprint density at radius 2 is 1.73 bits per heavy atom. The summed E-state index contributed by atoms with van der Waals surface area (Å²) in [5.74, 6) is 0.350. The van der Waals surface area contributed by atoms with Gasteiger partial charge in [-0.1, -0.05) is 49.7 Å². The molecule has 0 spiro atoms. The van der Waals surface area contributed by atoms with Gasteiger partial charge < -0.3 is 15.0 Å². The number of carbonyl (C=O) groups excluding carboxylic acids is 2. The van der Waals surface area contributed by atoms with Gasteiger partial charge in [0, 0.05) is 13.1 Å². The lowest BCUT2D eigenvalue weighted by molar-refractivity contribution is -0.141. The number of amides is 2. The van der Waals surface area contributed by atoms with Gasteiger partial charge in [0.1, 0.15) is 11.8 Å². The normalized spacial score (nSPS) is 11.6. The second-order valence-corrected chi connectivity index (χ2v) is 7.76. The highest BCUT2D eigenvalue weighted by molar-refractivity contribution is 5.87. The Kier molecular flexibility index (Phi) is 9.39. The highest BCUT2D eigenvalue weighted by Gasteiger charge is 2.26. The molecule has 2 amide bonds. The third kappa shape index (κ3) is 7.54. The molecule has 0 aliphatic heterocycles. The van der Waals surface area contributed by atoms with Crippen LogP contribution < -0.4 is 10.1 Å². The van der Waals surface area contributed by atoms with Gasteiger partial charge in [0.25, 0.3) is 5.91 Å². The van der Waals surface area contributed by atoms with Crippen LogP contribution in [0.5, 0.6) is 5.75 Å². The Morgan fingerprint density at radius 1 is 1.07 bits per heavy atom. The van der Waals surface area contributed by atoms with Gasteiger partial charge in [-0.3, -0.25) is 9.59 Å². The Hall–Kier alpha value is -2.82. The molecular weight excluding hydrogens is 376 g/mol. The largest absolute Gasteiger partial charge is 0.484 e. The summed E-state index contributed by atoms with van der Waals surface area (Å²) in [6.07, 6.45) is 2.62. The summed E-state index contributed by atoms with van der Waals surface area (Å²) in [5.41, 5.74) is 3.30. The summed E-state index contributed by atoms with van der Waals surface area (Å²) in [7, 11) is 0. The van der Waals surface area contributed by atoms with E-state index in [1.54, 1.807) is 11.8 Å². The first-order valence-corrected chi connectivity index (χ1v) is 10.7. The SMILES string of the molecule is CCCCNC(=O)[C@H](C)N(CCc1ccccc1)C(=O)COc1cc(C)cc(C)c1. The van der Waals surface area contributed by atoms with E-state index in [0.717, 1.165) is 29.5 Å². The van der Waals surface area contributed by atoms with E-state index >= 15 is 0 Å². The third-order valence-corrected chi connectivity index (χ3v) is 5.04. The van der Waals surface area contributed by atoms with Crippen LogP contribution in [0.25, 0.3) is 0 Å². The smallest absolute Gasteiger partial charge is 0.261 e. The van der Waals surface area contributed by atoms with E-state index in [2.05, 4.69) is 18.3 Å². The van der Waals surface area contributed by atoms with Crippen molar-refractivity contribution in [3.8, 4) is 5.75 Å². The van der Waals surface area contributed by atoms with E-state index in [1.807, 2.05) is 56.3 Å². The van der Waals surface area contributed by atoms with Gasteiger partial charge in [-0.25, -0.2) is 0 Å². The molecule has 0 bridgehead atoms. The molecule has 2 aromatic rings. The first-order chi connectivity index (χ1) is 14.4. The fourth-order valence-electron chi connectivity index (χ4n) is 3.35. The lowest BCUT2D eigenvalue weighted by Gasteiger charge is -2.28. The van der Waals surface area contributed by atoms with Crippen LogP contribution in [0.3, 0.4) is 0 Å². The minimum Gasteiger partial charge on any atom is -0.484 e. The number of benzene rings is 2. The summed E-state index contributed by atoms with van der Waals surface area (Å²) in [6.45, 7) is 8.84. The molecule has 0 heterocycles. The first kappa shape index (κ1) is 23.5. The van der Waals surface area contributed by atoms with Crippen molar-refractivity contribution in [3.63, 3.8) is 0 Å². The van der Waals surface area contributed by atoms with Crippen molar-refractivity contribution in [1.82, 2.24) is 10.2 Å². The molecule has 0 aliphatic rings. The van der Waals surface area contributed by atoms with Crippen molar-refractivity contribution in [1.29, 1.82) is 0 Å². The zero-order valence-corrected chi connectivity index (χ0v) is 18.6. The number of nitrogens with one attached hydrogen (secondary N) is 1. The maximum atomic E-state index is 13.0. The van der Waals surface area contributed by atoms with Crippen molar-refractivity contribution < 1.29 is 14.3 Å². The molecule has 0 saturated heterocycles. The van der Waals surface area contributed by atoms with Crippen LogP contribution in [0.1, 0.15) is 43.4 Å². The molecule has 0 aliphatic carbocycles. The van der Waals surface area contributed by atoms with Crippen LogP contribution in [-0.4, -0.2) is 42.5 Å². The highest BCUT2D eigenvalue weighted by Crippen LogP contribution is 2.16. The topological polar surface area (TPSA) is 58.6 Å². The zero-order valence-electron chi connectivity index (χ0n) is 18.6. The highest BCUT2D eigenvalue weighted by atomic mass is 16.5. The van der Waals surface area contributed by atoms with E-state index in [4.69, 9.17) is 4.74 Å². The molecule has 0 unspecified atom stereocenters. The number of hydrogen-bond acceptors (Lipinski definition) is 3. The van der Waals surface area contributed by atoms with E-state index in [0.29, 0.717) is 25.3 Å². The molecule has 2 aromatic carbocycles. The number of hydrogen-bond donors (Lipinski definition) is 1. The van der Waals surface area contributed by atoms with Crippen LogP contribution in [0.15, 0.2) is 48.5 Å². The number of ether oxygens (including phenoxy) is 1. The number of aryl methyl sites for hydroxylation is 2. The quantitative estimate of drug-likeness (QED) is 0.569. The van der Waals surface area contributed by atoms with Gasteiger partial charge >= 0.3 is 0 Å². The van der Waals surface area contributed by atoms with Crippen molar-refractivity contribution in [3.05, 3.63) is 65.2 Å². The van der Waals surface area contributed by atoms with Crippen LogP contribution in [-0.2, 0) is 16.0 Å². The predicted molar refractivity (Wildman–Crippen MR) is 121 cm³/mol. The van der Waals surface area contributed by atoms with E-state index in [1.165, 1.54) is 0 Å². The van der Waals surface area contributed by atoms with Gasteiger partial charge in [-0.05, 0) is 62.4 Å². The summed E-state index contributed by atoms with van der Waals surface area (Å²) < 4.78 is 5.77. The Morgan fingerprint density at radius 3 is 2.37 bits per heavy atom. The summed E-state index contributed by atoms with van der Waals surface area (Å²) >= 11 is 0. The Labute approximate surface area is 180 Å². The molecule has 0 saturated carbocycles. The standard InChI is InChI=1S/C25H34N2O3/c1-5-6-13-26-25(29)21(4)27(14-12-22-10-8-7-9-11-22)24(28)18-30-23-16-19(2)15-20(3)17-23/h7-11,15-17,21H,5-6,12-14,18H2,1-4H3,(H,26,29)/t21-/m0/s1. The van der Waals surface area contributed by atoms with Crippen molar-refractivity contribution in [2.24, 2.45) is 0 Å². The maximum Gasteiger partial charge on any atom is 0.261 e. The molecule has 162 valence electrons. The summed E-state index contributed by atoms with van der Waals surface area (Å²) in [6, 6.07) is 15.3. The van der Waals surface area contributed by atoms with Crippen molar-refractivity contribution in [2.75, 3.05) is 19.7 Å². The molecule has 0 radical (unpaired) electrons. The Bertz CT molecular complexity index is 800. The lowest BCUT2D eigenvalue weighted by Crippen LogP contribution is -2.50. The van der Waals surface area contributed by atoms with Crippen LogP contribution in [0.4, 0.5) is 0 Å². The zero-order chi connectivity index (χ0) is 21.9. The molecule has 0 fully saturated rings. The summed E-state index contributed by atoms with van der Waals surface area (Å²) in [5, 5.41) is 2.93. The molecule has 0 aromatic heterocycles. The lowest BCUT2D eigenvalue weighted by atomic mass is 10.1. The average molecular weight is 411 g/mol. The van der Waals surface area contributed by atoms with Gasteiger partial charge in [0.2, 0.25) is 5.91 Å². The van der Waals surface area contributed by atoms with Crippen LogP contribution in [0.2, 0.25) is 0 Å². The van der Waals surface area contributed by atoms with Crippen LogP contribution >= 0.6 is 0 Å². The number of nitrogens with zero attached hydrogens (tertiary/aromatic N) is 1. The number of unbranched alkanes of at least 4 members (excludes halogenated alkanes) is 1. The van der Waals surface area contributed by atoms with Gasteiger partial charge in [-0.15, -0.1) is 0 Å². The first-order valence-electron chi connectivity index (χ1n) is 10.7. The van der Waals surface area contributed by atoms with Gasteiger partial charge in [0.15, 0.2) is 6.61 Å². The van der Waals surface area contributed by atoms with E-state index in [9.17, 15) is 9.59 Å². The molecule has 5 heteroatoms.